The van der Waals surface area contributed by atoms with Crippen molar-refractivity contribution >= 4 is 22.8 Å². The lowest BCUT2D eigenvalue weighted by molar-refractivity contribution is -0.0528. The molecule has 13 heteroatoms. The molecule has 2 N–H and O–H groups in total. The van der Waals surface area contributed by atoms with E-state index >= 15 is 0 Å². The normalized spacial score (nSPS) is 12.6. The lowest BCUT2D eigenvalue weighted by atomic mass is 10.2. The summed E-state index contributed by atoms with van der Waals surface area (Å²) in [5.41, 5.74) is 0.500. The standard InChI is InChI=1S/C16H12F4N8O/c17-14(18)13(8-3-1-2-4-21-8)28-15-9(6-23-28)22-7-11(25-15)24-10-5-12(27-26-10)29-16(19)20/h1-7,13-14,16H,(H2,24,25,26,27)/t13-/m1/s1. The minimum Gasteiger partial charge on any atom is -0.417 e. The highest BCUT2D eigenvalue weighted by Crippen LogP contribution is 2.27. The van der Waals surface area contributed by atoms with Gasteiger partial charge < -0.3 is 10.1 Å². The van der Waals surface area contributed by atoms with E-state index < -0.39 is 19.1 Å². The molecule has 0 spiro atoms. The molecule has 0 amide bonds. The fourth-order valence-corrected chi connectivity index (χ4v) is 2.65. The van der Waals surface area contributed by atoms with Crippen LogP contribution in [0.25, 0.3) is 11.2 Å². The van der Waals surface area contributed by atoms with Crippen molar-refractivity contribution in [1.29, 1.82) is 0 Å². The Kier molecular flexibility index (Phi) is 4.93. The van der Waals surface area contributed by atoms with Crippen LogP contribution in [-0.2, 0) is 0 Å². The monoisotopic (exact) mass is 408 g/mol. The van der Waals surface area contributed by atoms with E-state index in [1.54, 1.807) is 12.1 Å². The van der Waals surface area contributed by atoms with Crippen LogP contribution in [0.5, 0.6) is 5.88 Å². The van der Waals surface area contributed by atoms with Crippen LogP contribution < -0.4 is 10.1 Å². The molecule has 0 bridgehead atoms. The fourth-order valence-electron chi connectivity index (χ4n) is 2.65. The molecule has 0 radical (unpaired) electrons. The number of ether oxygens (including phenoxy) is 1. The summed E-state index contributed by atoms with van der Waals surface area (Å²) < 4.78 is 57.2. The van der Waals surface area contributed by atoms with Crippen LogP contribution in [-0.4, -0.2) is 48.0 Å². The summed E-state index contributed by atoms with van der Waals surface area (Å²) in [5.74, 6) is 0.00776. The summed E-state index contributed by atoms with van der Waals surface area (Å²) >= 11 is 0. The first-order chi connectivity index (χ1) is 14.0. The van der Waals surface area contributed by atoms with E-state index in [4.69, 9.17) is 0 Å². The molecule has 0 saturated carbocycles. The molecule has 4 aromatic rings. The summed E-state index contributed by atoms with van der Waals surface area (Å²) in [5, 5.41) is 12.7. The molecule has 0 fully saturated rings. The molecule has 4 heterocycles. The van der Waals surface area contributed by atoms with E-state index in [-0.39, 0.29) is 28.9 Å². The van der Waals surface area contributed by atoms with E-state index in [1.807, 2.05) is 0 Å². The van der Waals surface area contributed by atoms with Crippen LogP contribution in [0.4, 0.5) is 29.2 Å². The Morgan fingerprint density at radius 1 is 1.07 bits per heavy atom. The number of rotatable bonds is 7. The van der Waals surface area contributed by atoms with Crippen LogP contribution in [0, 0.1) is 0 Å². The second-order valence-corrected chi connectivity index (χ2v) is 5.71. The zero-order valence-electron chi connectivity index (χ0n) is 14.4. The van der Waals surface area contributed by atoms with Crippen molar-refractivity contribution in [2.24, 2.45) is 0 Å². The number of hydrogen-bond acceptors (Lipinski definition) is 7. The maximum Gasteiger partial charge on any atom is 0.388 e. The van der Waals surface area contributed by atoms with Crippen molar-refractivity contribution < 1.29 is 22.3 Å². The molecule has 9 nitrogen and oxygen atoms in total. The minimum atomic E-state index is -3.01. The predicted octanol–water partition coefficient (Wildman–Crippen LogP) is 3.14. The van der Waals surface area contributed by atoms with Crippen molar-refractivity contribution in [3.63, 3.8) is 0 Å². The number of nitrogens with one attached hydrogen (secondary N) is 2. The zero-order valence-corrected chi connectivity index (χ0v) is 14.4. The van der Waals surface area contributed by atoms with Crippen LogP contribution in [0.15, 0.2) is 42.9 Å². The van der Waals surface area contributed by atoms with Crippen molar-refractivity contribution in [2.45, 2.75) is 19.1 Å². The van der Waals surface area contributed by atoms with Gasteiger partial charge in [0.2, 0.25) is 5.88 Å². The number of pyridine rings is 1. The number of aromatic nitrogens is 7. The summed E-state index contributed by atoms with van der Waals surface area (Å²) in [7, 11) is 0. The lowest BCUT2D eigenvalue weighted by Gasteiger charge is -2.16. The molecule has 0 aliphatic carbocycles. The quantitative estimate of drug-likeness (QED) is 0.453. The number of anilines is 2. The molecule has 0 aliphatic heterocycles. The zero-order chi connectivity index (χ0) is 20.4. The number of hydrogen-bond donors (Lipinski definition) is 2. The predicted molar refractivity (Wildman–Crippen MR) is 92.2 cm³/mol. The molecular weight excluding hydrogens is 396 g/mol. The summed E-state index contributed by atoms with van der Waals surface area (Å²) in [6.07, 6.45) is 1.25. The molecule has 1 atom stereocenters. The highest BCUT2D eigenvalue weighted by Gasteiger charge is 2.28. The smallest absolute Gasteiger partial charge is 0.388 e. The van der Waals surface area contributed by atoms with Gasteiger partial charge in [-0.1, -0.05) is 6.07 Å². The molecule has 29 heavy (non-hydrogen) atoms. The summed E-state index contributed by atoms with van der Waals surface area (Å²) in [4.78, 5) is 12.4. The van der Waals surface area contributed by atoms with Gasteiger partial charge >= 0.3 is 6.61 Å². The third kappa shape index (κ3) is 3.93. The number of alkyl halides is 4. The number of halogens is 4. The molecular formula is C16H12F4N8O. The average Bonchev–Trinajstić information content (AvgIpc) is 3.29. The van der Waals surface area contributed by atoms with Crippen LogP contribution in [0.3, 0.4) is 0 Å². The van der Waals surface area contributed by atoms with Crippen LogP contribution >= 0.6 is 0 Å². The van der Waals surface area contributed by atoms with Gasteiger partial charge in [-0.2, -0.15) is 19.0 Å². The molecule has 0 unspecified atom stereocenters. The van der Waals surface area contributed by atoms with Crippen molar-refractivity contribution in [2.75, 3.05) is 5.32 Å². The van der Waals surface area contributed by atoms with E-state index in [1.165, 1.54) is 30.7 Å². The Hall–Kier alpha value is -3.77. The van der Waals surface area contributed by atoms with Gasteiger partial charge in [0, 0.05) is 12.3 Å². The molecule has 4 aromatic heterocycles. The first kappa shape index (κ1) is 18.6. The van der Waals surface area contributed by atoms with Gasteiger partial charge in [0.1, 0.15) is 5.52 Å². The Morgan fingerprint density at radius 2 is 1.93 bits per heavy atom. The maximum absolute atomic E-state index is 13.8. The SMILES string of the molecule is FC(F)Oc1cc(Nc2cnc3cnn([C@H](c4ccccn4)C(F)F)c3n2)n[nH]1. The summed E-state index contributed by atoms with van der Waals surface area (Å²) in [6, 6.07) is 4.40. The number of H-pyrrole nitrogens is 1. The van der Waals surface area contributed by atoms with Gasteiger partial charge in [0.05, 0.1) is 18.1 Å². The topological polar surface area (TPSA) is 106 Å². The molecule has 0 saturated heterocycles. The van der Waals surface area contributed by atoms with Gasteiger partial charge in [-0.3, -0.25) is 4.98 Å². The number of aromatic amines is 1. The second-order valence-electron chi connectivity index (χ2n) is 5.71. The Morgan fingerprint density at radius 3 is 2.66 bits per heavy atom. The third-order valence-electron chi connectivity index (χ3n) is 3.82. The molecule has 4 rings (SSSR count). The van der Waals surface area contributed by atoms with Crippen LogP contribution in [0.2, 0.25) is 0 Å². The first-order valence-corrected chi connectivity index (χ1v) is 8.18. The molecule has 0 aliphatic rings. The van der Waals surface area contributed by atoms with Crippen molar-refractivity contribution in [3.05, 3.63) is 48.5 Å². The average molecular weight is 408 g/mol. The van der Waals surface area contributed by atoms with E-state index in [9.17, 15) is 17.6 Å². The molecule has 0 aromatic carbocycles. The minimum absolute atomic E-state index is 0.0885. The van der Waals surface area contributed by atoms with Gasteiger partial charge in [0.15, 0.2) is 23.3 Å². The second kappa shape index (κ2) is 7.69. The fraction of sp³-hybridized carbons (Fsp3) is 0.188. The highest BCUT2D eigenvalue weighted by molar-refractivity contribution is 5.72. The summed E-state index contributed by atoms with van der Waals surface area (Å²) in [6.45, 7) is -3.01. The van der Waals surface area contributed by atoms with Crippen LogP contribution in [0.1, 0.15) is 11.7 Å². The van der Waals surface area contributed by atoms with Gasteiger partial charge in [-0.05, 0) is 12.1 Å². The van der Waals surface area contributed by atoms with Crippen molar-refractivity contribution in [3.8, 4) is 5.88 Å². The Bertz CT molecular complexity index is 1100. The lowest BCUT2D eigenvalue weighted by Crippen LogP contribution is -2.21. The highest BCUT2D eigenvalue weighted by atomic mass is 19.3. The Labute approximate surface area is 159 Å². The third-order valence-corrected chi connectivity index (χ3v) is 3.82. The number of nitrogens with zero attached hydrogens (tertiary/aromatic N) is 6. The van der Waals surface area contributed by atoms with E-state index in [0.29, 0.717) is 5.52 Å². The first-order valence-electron chi connectivity index (χ1n) is 8.18. The largest absolute Gasteiger partial charge is 0.417 e. The van der Waals surface area contributed by atoms with E-state index in [2.05, 4.69) is 40.3 Å². The van der Waals surface area contributed by atoms with E-state index in [0.717, 1.165) is 4.68 Å². The number of fused-ring (bicyclic) bond motifs is 1. The Balaban J connectivity index is 1.66. The van der Waals surface area contributed by atoms with Gasteiger partial charge in [-0.15, -0.1) is 0 Å². The van der Waals surface area contributed by atoms with Gasteiger partial charge in [-0.25, -0.2) is 28.5 Å². The van der Waals surface area contributed by atoms with Crippen molar-refractivity contribution in [1.82, 2.24) is 34.9 Å². The maximum atomic E-state index is 13.8. The molecule has 150 valence electrons. The van der Waals surface area contributed by atoms with Gasteiger partial charge in [0.25, 0.3) is 6.43 Å².